The largest absolute Gasteiger partial charge is 0.474 e. The Morgan fingerprint density at radius 3 is 2.71 bits per heavy atom. The van der Waals surface area contributed by atoms with Crippen LogP contribution in [0.4, 0.5) is 18.0 Å². The molecule has 0 aliphatic carbocycles. The number of carbonyl (C=O) groups is 1. The van der Waals surface area contributed by atoms with Crippen molar-refractivity contribution in [1.82, 2.24) is 15.2 Å². The van der Waals surface area contributed by atoms with E-state index in [1.165, 1.54) is 11.0 Å². The molecule has 3 heterocycles. The first-order valence-electron chi connectivity index (χ1n) is 7.79. The van der Waals surface area contributed by atoms with Crippen LogP contribution >= 0.6 is 0 Å². The van der Waals surface area contributed by atoms with Gasteiger partial charge < -0.3 is 19.7 Å². The van der Waals surface area contributed by atoms with Crippen LogP contribution < -0.4 is 10.1 Å². The first-order chi connectivity index (χ1) is 11.4. The summed E-state index contributed by atoms with van der Waals surface area (Å²) in [7, 11) is 0. The van der Waals surface area contributed by atoms with Gasteiger partial charge >= 0.3 is 12.3 Å². The Kier molecular flexibility index (Phi) is 4.79. The normalized spacial score (nSPS) is 19.5. The number of alkyl halides is 3. The van der Waals surface area contributed by atoms with Crippen molar-refractivity contribution < 1.29 is 27.4 Å². The molecule has 9 heteroatoms. The molecule has 2 fully saturated rings. The predicted octanol–water partition coefficient (Wildman–Crippen LogP) is 2.18. The lowest BCUT2D eigenvalue weighted by Crippen LogP contribution is -2.34. The van der Waals surface area contributed by atoms with Gasteiger partial charge in [-0.1, -0.05) is 0 Å². The number of ether oxygens (including phenoxy) is 2. The molecule has 0 aromatic carbocycles. The third-order valence-corrected chi connectivity index (χ3v) is 3.94. The number of piperidine rings is 1. The summed E-state index contributed by atoms with van der Waals surface area (Å²) in [6.07, 6.45) is -3.83. The summed E-state index contributed by atoms with van der Waals surface area (Å²) < 4.78 is 49.7. The van der Waals surface area contributed by atoms with E-state index >= 15 is 0 Å². The molecule has 2 aliphatic heterocycles. The van der Waals surface area contributed by atoms with Gasteiger partial charge in [0.25, 0.3) is 0 Å². The van der Waals surface area contributed by atoms with E-state index in [1.807, 2.05) is 0 Å². The molecule has 0 bridgehead atoms. The number of pyridine rings is 1. The second-order valence-corrected chi connectivity index (χ2v) is 5.80. The van der Waals surface area contributed by atoms with E-state index in [0.717, 1.165) is 19.2 Å². The van der Waals surface area contributed by atoms with Crippen LogP contribution in [0.3, 0.4) is 0 Å². The van der Waals surface area contributed by atoms with Crippen LogP contribution in [0.1, 0.15) is 24.1 Å². The highest BCUT2D eigenvalue weighted by molar-refractivity contribution is 5.69. The number of hydrogen-bond acceptors (Lipinski definition) is 5. The summed E-state index contributed by atoms with van der Waals surface area (Å²) in [5, 5.41) is 3.16. The predicted molar refractivity (Wildman–Crippen MR) is 77.5 cm³/mol. The Bertz CT molecular complexity index is 603. The van der Waals surface area contributed by atoms with Crippen LogP contribution in [-0.2, 0) is 17.5 Å². The van der Waals surface area contributed by atoms with Crippen molar-refractivity contribution >= 4 is 6.09 Å². The minimum Gasteiger partial charge on any atom is -0.474 e. The van der Waals surface area contributed by atoms with Gasteiger partial charge in [0.1, 0.15) is 18.4 Å². The molecule has 6 nitrogen and oxygen atoms in total. The number of nitrogens with zero attached hydrogens (tertiary/aromatic N) is 2. The van der Waals surface area contributed by atoms with Gasteiger partial charge in [0.2, 0.25) is 5.88 Å². The van der Waals surface area contributed by atoms with Gasteiger partial charge in [-0.05, 0) is 37.6 Å². The van der Waals surface area contributed by atoms with E-state index < -0.39 is 18.0 Å². The maximum absolute atomic E-state index is 13.1. The molecule has 1 amide bonds. The van der Waals surface area contributed by atoms with Crippen LogP contribution in [0.25, 0.3) is 0 Å². The van der Waals surface area contributed by atoms with Crippen LogP contribution in [0.2, 0.25) is 0 Å². The second kappa shape index (κ2) is 6.84. The molecule has 0 atom stereocenters. The molecule has 2 aliphatic rings. The number of rotatable bonds is 4. The Morgan fingerprint density at radius 2 is 2.08 bits per heavy atom. The molecule has 0 radical (unpaired) electrons. The number of cyclic esters (lactones) is 1. The molecule has 1 N–H and O–H groups in total. The van der Waals surface area contributed by atoms with Crippen molar-refractivity contribution in [2.45, 2.75) is 31.7 Å². The SMILES string of the molecule is O=C1OCCN1Cc1cc(OC2CCNCC2)nc(C(F)(F)F)c1. The summed E-state index contributed by atoms with van der Waals surface area (Å²) in [5.41, 5.74) is -0.698. The number of hydrogen-bond donors (Lipinski definition) is 1. The van der Waals surface area contributed by atoms with Crippen LogP contribution in [0.15, 0.2) is 12.1 Å². The average molecular weight is 345 g/mol. The Hall–Kier alpha value is -2.03. The first kappa shape index (κ1) is 16.8. The zero-order valence-electron chi connectivity index (χ0n) is 12.9. The monoisotopic (exact) mass is 345 g/mol. The maximum atomic E-state index is 13.1. The summed E-state index contributed by atoms with van der Waals surface area (Å²) in [6, 6.07) is 2.41. The van der Waals surface area contributed by atoms with Gasteiger partial charge in [-0.3, -0.25) is 0 Å². The molecule has 24 heavy (non-hydrogen) atoms. The summed E-state index contributed by atoms with van der Waals surface area (Å²) in [5.74, 6) is -0.0562. The minimum absolute atomic E-state index is 0.0347. The fraction of sp³-hybridized carbons (Fsp3) is 0.600. The third-order valence-electron chi connectivity index (χ3n) is 3.94. The second-order valence-electron chi connectivity index (χ2n) is 5.80. The number of halogens is 3. The molecule has 2 saturated heterocycles. The van der Waals surface area contributed by atoms with Crippen LogP contribution in [-0.4, -0.2) is 48.3 Å². The molecule has 0 saturated carbocycles. The highest BCUT2D eigenvalue weighted by Gasteiger charge is 2.34. The quantitative estimate of drug-likeness (QED) is 0.906. The fourth-order valence-corrected chi connectivity index (χ4v) is 2.73. The highest BCUT2D eigenvalue weighted by atomic mass is 19.4. The van der Waals surface area contributed by atoms with Crippen molar-refractivity contribution in [3.05, 3.63) is 23.4 Å². The Morgan fingerprint density at radius 1 is 1.33 bits per heavy atom. The van der Waals surface area contributed by atoms with Gasteiger partial charge in [0, 0.05) is 12.6 Å². The fourth-order valence-electron chi connectivity index (χ4n) is 2.73. The Balaban J connectivity index is 1.81. The third kappa shape index (κ3) is 4.08. The maximum Gasteiger partial charge on any atom is 0.433 e. The van der Waals surface area contributed by atoms with Crippen LogP contribution in [0, 0.1) is 0 Å². The zero-order valence-corrected chi connectivity index (χ0v) is 12.9. The smallest absolute Gasteiger partial charge is 0.433 e. The number of aromatic nitrogens is 1. The summed E-state index contributed by atoms with van der Waals surface area (Å²) in [6.45, 7) is 2.15. The van der Waals surface area contributed by atoms with Gasteiger partial charge in [0.15, 0.2) is 0 Å². The van der Waals surface area contributed by atoms with E-state index in [1.54, 1.807) is 0 Å². The Labute approximate surface area is 136 Å². The lowest BCUT2D eigenvalue weighted by molar-refractivity contribution is -0.141. The van der Waals surface area contributed by atoms with E-state index in [9.17, 15) is 18.0 Å². The van der Waals surface area contributed by atoms with Crippen molar-refractivity contribution in [3.63, 3.8) is 0 Å². The van der Waals surface area contributed by atoms with E-state index in [2.05, 4.69) is 10.3 Å². The van der Waals surface area contributed by atoms with Gasteiger partial charge in [0.05, 0.1) is 6.54 Å². The van der Waals surface area contributed by atoms with Gasteiger partial charge in [-0.15, -0.1) is 0 Å². The van der Waals surface area contributed by atoms with Crippen molar-refractivity contribution in [2.24, 2.45) is 0 Å². The van der Waals surface area contributed by atoms with Gasteiger partial charge in [-0.25, -0.2) is 9.78 Å². The molecule has 132 valence electrons. The minimum atomic E-state index is -4.58. The standard InChI is InChI=1S/C15H18F3N3O3/c16-15(17,18)12-7-10(9-21-5-6-23-14(21)22)8-13(20-12)24-11-1-3-19-4-2-11/h7-8,11,19H,1-6,9H2. The molecular weight excluding hydrogens is 327 g/mol. The summed E-state index contributed by atoms with van der Waals surface area (Å²) in [4.78, 5) is 16.4. The summed E-state index contributed by atoms with van der Waals surface area (Å²) >= 11 is 0. The molecule has 1 aromatic heterocycles. The average Bonchev–Trinajstić information content (AvgIpc) is 2.92. The molecule has 0 spiro atoms. The van der Waals surface area contributed by atoms with Crippen LogP contribution in [0.5, 0.6) is 5.88 Å². The number of carbonyl (C=O) groups excluding carboxylic acids is 1. The highest BCUT2D eigenvalue weighted by Crippen LogP contribution is 2.31. The molecule has 0 unspecified atom stereocenters. The van der Waals surface area contributed by atoms with Gasteiger partial charge in [-0.2, -0.15) is 13.2 Å². The number of amides is 1. The topological polar surface area (TPSA) is 63.7 Å². The van der Waals surface area contributed by atoms with Crippen molar-refractivity contribution in [1.29, 1.82) is 0 Å². The lowest BCUT2D eigenvalue weighted by atomic mass is 10.1. The van der Waals surface area contributed by atoms with E-state index in [4.69, 9.17) is 9.47 Å². The zero-order chi connectivity index (χ0) is 17.2. The van der Waals surface area contributed by atoms with Crippen molar-refractivity contribution in [3.8, 4) is 5.88 Å². The van der Waals surface area contributed by atoms with E-state index in [-0.39, 0.29) is 25.1 Å². The molecular formula is C15H18F3N3O3. The van der Waals surface area contributed by atoms with E-state index in [0.29, 0.717) is 24.9 Å². The lowest BCUT2D eigenvalue weighted by Gasteiger charge is -2.24. The number of nitrogens with one attached hydrogen (secondary N) is 1. The van der Waals surface area contributed by atoms with Crippen molar-refractivity contribution in [2.75, 3.05) is 26.2 Å². The molecule has 1 aromatic rings. The first-order valence-corrected chi connectivity index (χ1v) is 7.79. The molecule has 3 rings (SSSR count).